The van der Waals surface area contributed by atoms with Crippen molar-refractivity contribution < 1.29 is 0 Å². The maximum Gasteiger partial charge on any atom is 0.191 e. The summed E-state index contributed by atoms with van der Waals surface area (Å²) in [6, 6.07) is 0. The second-order valence-corrected chi connectivity index (χ2v) is 7.76. The van der Waals surface area contributed by atoms with Crippen molar-refractivity contribution >= 4 is 28.6 Å². The molecular weight excluding hydrogens is 326 g/mol. The number of aliphatic imine (C=N–C) groups is 1. The van der Waals surface area contributed by atoms with Crippen molar-refractivity contribution in [1.29, 1.82) is 0 Å². The van der Waals surface area contributed by atoms with E-state index in [1.54, 1.807) is 29.7 Å². The molecule has 0 fully saturated rings. The lowest BCUT2D eigenvalue weighted by Crippen LogP contribution is -2.36. The second kappa shape index (κ2) is 8.40. The fraction of sp³-hybridized carbons (Fsp3) is 0.562. The van der Waals surface area contributed by atoms with E-state index in [0.29, 0.717) is 24.9 Å². The Morgan fingerprint density at radius 2 is 1.78 bits per heavy atom. The van der Waals surface area contributed by atoms with Crippen molar-refractivity contribution in [3.05, 3.63) is 32.2 Å². The number of guanidine groups is 1. The van der Waals surface area contributed by atoms with Crippen LogP contribution in [0.1, 0.15) is 60.9 Å². The molecule has 2 N–H and O–H groups in total. The van der Waals surface area contributed by atoms with Crippen molar-refractivity contribution in [2.45, 2.75) is 52.6 Å². The molecule has 0 amide bonds. The van der Waals surface area contributed by atoms with Gasteiger partial charge in [0.1, 0.15) is 5.01 Å². The van der Waals surface area contributed by atoms with Crippen LogP contribution in [-0.2, 0) is 13.1 Å². The van der Waals surface area contributed by atoms with Gasteiger partial charge in [-0.25, -0.2) is 9.97 Å². The van der Waals surface area contributed by atoms with Crippen LogP contribution in [0.4, 0.5) is 0 Å². The van der Waals surface area contributed by atoms with Crippen molar-refractivity contribution in [3.63, 3.8) is 0 Å². The van der Waals surface area contributed by atoms with Gasteiger partial charge in [-0.05, 0) is 5.92 Å². The number of nitrogens with zero attached hydrogens (tertiary/aromatic N) is 3. The van der Waals surface area contributed by atoms with Crippen LogP contribution in [-0.4, -0.2) is 23.0 Å². The zero-order valence-corrected chi connectivity index (χ0v) is 16.0. The molecule has 0 aromatic carbocycles. The summed E-state index contributed by atoms with van der Waals surface area (Å²) < 4.78 is 0. The molecule has 0 unspecified atom stereocenters. The van der Waals surface area contributed by atoms with Gasteiger partial charge in [-0.15, -0.1) is 22.7 Å². The maximum absolute atomic E-state index is 4.62. The van der Waals surface area contributed by atoms with E-state index in [-0.39, 0.29) is 0 Å². The second-order valence-electron chi connectivity index (χ2n) is 5.93. The Morgan fingerprint density at radius 3 is 2.35 bits per heavy atom. The molecule has 0 bridgehead atoms. The molecular formula is C16H25N5S2. The molecule has 5 nitrogen and oxygen atoms in total. The van der Waals surface area contributed by atoms with Gasteiger partial charge < -0.3 is 10.6 Å². The molecule has 0 aliphatic carbocycles. The molecule has 0 spiro atoms. The highest BCUT2D eigenvalue weighted by atomic mass is 32.1. The molecule has 2 rings (SSSR count). The molecule has 0 atom stereocenters. The molecule has 2 aromatic heterocycles. The first-order chi connectivity index (χ1) is 11.0. The van der Waals surface area contributed by atoms with Gasteiger partial charge in [0.05, 0.1) is 29.5 Å². The zero-order valence-electron chi connectivity index (χ0n) is 14.4. The van der Waals surface area contributed by atoms with Gasteiger partial charge in [-0.1, -0.05) is 27.7 Å². The summed E-state index contributed by atoms with van der Waals surface area (Å²) in [4.78, 5) is 13.5. The Labute approximate surface area is 146 Å². The molecule has 0 aliphatic rings. The van der Waals surface area contributed by atoms with Crippen LogP contribution in [0.15, 0.2) is 15.8 Å². The summed E-state index contributed by atoms with van der Waals surface area (Å²) in [6.45, 7) is 10.0. The summed E-state index contributed by atoms with van der Waals surface area (Å²) in [6.07, 6.45) is 0. The van der Waals surface area contributed by atoms with Crippen LogP contribution < -0.4 is 10.6 Å². The molecule has 0 saturated carbocycles. The van der Waals surface area contributed by atoms with E-state index in [1.165, 1.54) is 5.01 Å². The molecule has 126 valence electrons. The Balaban J connectivity index is 1.82. The van der Waals surface area contributed by atoms with Gasteiger partial charge in [0.25, 0.3) is 0 Å². The summed E-state index contributed by atoms with van der Waals surface area (Å²) in [5, 5.41) is 13.1. The first-order valence-corrected chi connectivity index (χ1v) is 9.58. The molecule has 0 saturated heterocycles. The number of hydrogen-bond acceptors (Lipinski definition) is 5. The molecule has 7 heteroatoms. The molecule has 0 radical (unpaired) electrons. The number of aromatic nitrogens is 2. The molecule has 2 heterocycles. The van der Waals surface area contributed by atoms with Gasteiger partial charge in [-0.2, -0.15) is 0 Å². The first-order valence-electron chi connectivity index (χ1n) is 7.82. The van der Waals surface area contributed by atoms with Crippen molar-refractivity contribution in [1.82, 2.24) is 20.6 Å². The SMILES string of the molecule is CN=C(NCc1csc(C(C)C)n1)NCc1nc(C(C)C)cs1. The monoisotopic (exact) mass is 351 g/mol. The number of hydrogen-bond donors (Lipinski definition) is 2. The highest BCUT2D eigenvalue weighted by Crippen LogP contribution is 2.19. The van der Waals surface area contributed by atoms with Crippen molar-refractivity contribution in [2.75, 3.05) is 7.05 Å². The van der Waals surface area contributed by atoms with Crippen LogP contribution in [0.5, 0.6) is 0 Å². The van der Waals surface area contributed by atoms with E-state index >= 15 is 0 Å². The number of nitrogens with one attached hydrogen (secondary N) is 2. The van der Waals surface area contributed by atoms with Crippen LogP contribution in [0, 0.1) is 0 Å². The Kier molecular flexibility index (Phi) is 6.53. The third-order valence-corrected chi connectivity index (χ3v) is 5.35. The predicted octanol–water partition coefficient (Wildman–Crippen LogP) is 3.71. The highest BCUT2D eigenvalue weighted by Gasteiger charge is 2.08. The van der Waals surface area contributed by atoms with Gasteiger partial charge in [0, 0.05) is 23.7 Å². The average molecular weight is 352 g/mol. The van der Waals surface area contributed by atoms with Crippen LogP contribution >= 0.6 is 22.7 Å². The number of rotatable bonds is 6. The standard InChI is InChI=1S/C16H25N5S2/c1-10(2)13-9-22-14(21-13)7-19-16(17-5)18-6-12-8-23-15(20-12)11(3)4/h8-11H,6-7H2,1-5H3,(H2,17,18,19). The molecule has 2 aromatic rings. The van der Waals surface area contributed by atoms with E-state index < -0.39 is 0 Å². The third-order valence-electron chi connectivity index (χ3n) is 3.29. The van der Waals surface area contributed by atoms with Crippen LogP contribution in [0.25, 0.3) is 0 Å². The lowest BCUT2D eigenvalue weighted by Gasteiger charge is -2.09. The predicted molar refractivity (Wildman–Crippen MR) is 99.4 cm³/mol. The molecule has 23 heavy (non-hydrogen) atoms. The van der Waals surface area contributed by atoms with E-state index in [0.717, 1.165) is 22.4 Å². The van der Waals surface area contributed by atoms with Gasteiger partial charge in [-0.3, -0.25) is 4.99 Å². The van der Waals surface area contributed by atoms with E-state index in [9.17, 15) is 0 Å². The van der Waals surface area contributed by atoms with E-state index in [2.05, 4.69) is 64.0 Å². The Bertz CT molecular complexity index is 590. The molecule has 0 aliphatic heterocycles. The minimum Gasteiger partial charge on any atom is -0.351 e. The van der Waals surface area contributed by atoms with Crippen molar-refractivity contribution in [2.24, 2.45) is 4.99 Å². The van der Waals surface area contributed by atoms with Crippen LogP contribution in [0.3, 0.4) is 0 Å². The zero-order chi connectivity index (χ0) is 16.8. The quantitative estimate of drug-likeness (QED) is 0.615. The van der Waals surface area contributed by atoms with E-state index in [4.69, 9.17) is 0 Å². The van der Waals surface area contributed by atoms with Crippen LogP contribution in [0.2, 0.25) is 0 Å². The average Bonchev–Trinajstić information content (AvgIpc) is 3.16. The lowest BCUT2D eigenvalue weighted by molar-refractivity contribution is 0.772. The third kappa shape index (κ3) is 5.28. The normalized spacial score (nSPS) is 12.2. The fourth-order valence-electron chi connectivity index (χ4n) is 1.89. The number of thiazole rings is 2. The summed E-state index contributed by atoms with van der Waals surface area (Å²) in [5.74, 6) is 1.72. The summed E-state index contributed by atoms with van der Waals surface area (Å²) in [5.41, 5.74) is 2.21. The fourth-order valence-corrected chi connectivity index (χ4v) is 3.62. The summed E-state index contributed by atoms with van der Waals surface area (Å²) in [7, 11) is 1.78. The Hall–Kier alpha value is -1.47. The van der Waals surface area contributed by atoms with E-state index in [1.807, 2.05) is 0 Å². The van der Waals surface area contributed by atoms with Gasteiger partial charge in [0.15, 0.2) is 5.96 Å². The topological polar surface area (TPSA) is 62.2 Å². The lowest BCUT2D eigenvalue weighted by atomic mass is 10.2. The largest absolute Gasteiger partial charge is 0.351 e. The first kappa shape index (κ1) is 17.9. The highest BCUT2D eigenvalue weighted by molar-refractivity contribution is 7.10. The maximum atomic E-state index is 4.62. The minimum absolute atomic E-state index is 0.470. The minimum atomic E-state index is 0.470. The summed E-state index contributed by atoms with van der Waals surface area (Å²) >= 11 is 3.40. The van der Waals surface area contributed by atoms with Gasteiger partial charge in [0.2, 0.25) is 0 Å². The van der Waals surface area contributed by atoms with Gasteiger partial charge >= 0.3 is 0 Å². The van der Waals surface area contributed by atoms with Crippen molar-refractivity contribution in [3.8, 4) is 0 Å². The smallest absolute Gasteiger partial charge is 0.191 e. The Morgan fingerprint density at radius 1 is 1.04 bits per heavy atom.